The van der Waals surface area contributed by atoms with Crippen molar-refractivity contribution in [2.24, 2.45) is 11.8 Å². The summed E-state index contributed by atoms with van der Waals surface area (Å²) in [5.74, 6) is 1.62. The van der Waals surface area contributed by atoms with E-state index < -0.39 is 6.10 Å². The maximum absolute atomic E-state index is 11.8. The lowest BCUT2D eigenvalue weighted by Gasteiger charge is -2.46. The molecule has 4 rings (SSSR count). The number of benzene rings is 2. The number of methoxy groups -OCH3 is 1. The Balaban J connectivity index is 1.71. The Morgan fingerprint density at radius 2 is 1.68 bits per heavy atom. The second-order valence-corrected chi connectivity index (χ2v) is 14.6. The van der Waals surface area contributed by atoms with Crippen molar-refractivity contribution in [2.45, 2.75) is 98.1 Å². The lowest BCUT2D eigenvalue weighted by atomic mass is 9.79. The number of aliphatic hydroxyl groups excluding tert-OH is 1. The molecule has 4 heteroatoms. The molecule has 0 saturated carbocycles. The lowest BCUT2D eigenvalue weighted by molar-refractivity contribution is -0.951. The number of hydrogen-bond acceptors (Lipinski definition) is 3. The minimum absolute atomic E-state index is 0.0975. The molecule has 4 unspecified atom stereocenters. The maximum Gasteiger partial charge on any atom is 0.119 e. The van der Waals surface area contributed by atoms with E-state index in [4.69, 9.17) is 4.74 Å². The van der Waals surface area contributed by atoms with Crippen LogP contribution in [-0.2, 0) is 17.4 Å². The van der Waals surface area contributed by atoms with Crippen LogP contribution in [0.15, 0.2) is 48.7 Å². The van der Waals surface area contributed by atoms with Gasteiger partial charge in [0.25, 0.3) is 0 Å². The molecule has 0 radical (unpaired) electrons. The summed E-state index contributed by atoms with van der Waals surface area (Å²) in [6, 6.07) is 15.3. The first-order valence-electron chi connectivity index (χ1n) is 15.4. The summed E-state index contributed by atoms with van der Waals surface area (Å²) >= 11 is 0. The molecule has 2 aromatic carbocycles. The third-order valence-electron chi connectivity index (χ3n) is 9.23. The van der Waals surface area contributed by atoms with Crippen LogP contribution in [0.25, 0.3) is 10.9 Å². The third-order valence-corrected chi connectivity index (χ3v) is 9.23. The molecule has 2 heterocycles. The van der Waals surface area contributed by atoms with Gasteiger partial charge in [-0.25, -0.2) is 0 Å². The van der Waals surface area contributed by atoms with Crippen molar-refractivity contribution in [3.8, 4) is 5.75 Å². The zero-order chi connectivity index (χ0) is 29.3. The van der Waals surface area contributed by atoms with Crippen molar-refractivity contribution >= 4 is 10.9 Å². The molecule has 218 valence electrons. The highest BCUT2D eigenvalue weighted by molar-refractivity contribution is 5.83. The van der Waals surface area contributed by atoms with Crippen LogP contribution in [0.1, 0.15) is 103 Å². The van der Waals surface area contributed by atoms with Crippen molar-refractivity contribution in [3.05, 3.63) is 70.9 Å². The minimum atomic E-state index is -0.569. The molecular weight excluding hydrogens is 492 g/mol. The Morgan fingerprint density at radius 3 is 2.27 bits per heavy atom. The number of fused-ring (bicyclic) bond motifs is 1. The Kier molecular flexibility index (Phi) is 9.02. The number of ether oxygens (including phenoxy) is 1. The van der Waals surface area contributed by atoms with E-state index in [2.05, 4.69) is 78.6 Å². The molecule has 1 aromatic heterocycles. The second kappa shape index (κ2) is 11.8. The Hall–Kier alpha value is -2.43. The molecule has 1 aliphatic heterocycles. The average Bonchev–Trinajstić information content (AvgIpc) is 2.90. The first kappa shape index (κ1) is 30.5. The Bertz CT molecular complexity index is 1270. The fourth-order valence-electron chi connectivity index (χ4n) is 6.74. The van der Waals surface area contributed by atoms with E-state index in [1.807, 2.05) is 30.5 Å². The number of hydrogen-bond donors (Lipinski definition) is 1. The summed E-state index contributed by atoms with van der Waals surface area (Å²) in [6.07, 6.45) is 5.05. The highest BCUT2D eigenvalue weighted by Crippen LogP contribution is 2.37. The van der Waals surface area contributed by atoms with Crippen molar-refractivity contribution in [1.82, 2.24) is 4.98 Å². The number of rotatable bonds is 8. The van der Waals surface area contributed by atoms with E-state index in [9.17, 15) is 5.11 Å². The van der Waals surface area contributed by atoms with Crippen LogP contribution in [0.5, 0.6) is 5.75 Å². The van der Waals surface area contributed by atoms with E-state index in [1.54, 1.807) is 7.11 Å². The topological polar surface area (TPSA) is 42.4 Å². The van der Waals surface area contributed by atoms with E-state index in [1.165, 1.54) is 49.0 Å². The van der Waals surface area contributed by atoms with E-state index in [0.717, 1.165) is 45.7 Å². The Morgan fingerprint density at radius 1 is 1.00 bits per heavy atom. The fraction of sp³-hybridized carbons (Fsp3) is 0.583. The standard InChI is InChI=1S/C36H53N2O2/c1-10-26-12-11-17-38(23-26,24-27-18-28(35(3,4)5)20-29(19-27)36(6,7)8)22-25(2)34(39)31-15-16-37-33-14-13-30(40-9)21-32(31)33/h13-16,18-21,25-26,34,39H,10-12,17,22-24H2,1-9H3/q+1. The number of pyridine rings is 1. The van der Waals surface area contributed by atoms with Gasteiger partial charge in [0.15, 0.2) is 0 Å². The Labute approximate surface area is 243 Å². The SMILES string of the molecule is CCC1CCC[N+](Cc2cc(C(C)(C)C)cc(C(C)(C)C)c2)(CC(C)C(O)c2ccnc3ccc(OC)cc23)C1. The van der Waals surface area contributed by atoms with Crippen LogP contribution < -0.4 is 4.74 Å². The molecule has 1 fully saturated rings. The summed E-state index contributed by atoms with van der Waals surface area (Å²) < 4.78 is 6.54. The van der Waals surface area contributed by atoms with Gasteiger partial charge in [-0.05, 0) is 83.2 Å². The first-order chi connectivity index (χ1) is 18.7. The van der Waals surface area contributed by atoms with Crippen LogP contribution in [0.4, 0.5) is 0 Å². The molecule has 0 bridgehead atoms. The molecular formula is C36H53N2O2+. The lowest BCUT2D eigenvalue weighted by Crippen LogP contribution is -2.56. The maximum atomic E-state index is 11.8. The normalized spacial score (nSPS) is 21.8. The molecule has 1 aliphatic rings. The van der Waals surface area contributed by atoms with Gasteiger partial charge in [-0.1, -0.05) is 61.5 Å². The third kappa shape index (κ3) is 6.89. The van der Waals surface area contributed by atoms with Gasteiger partial charge in [-0.2, -0.15) is 0 Å². The quantitative estimate of drug-likeness (QED) is 0.289. The summed E-state index contributed by atoms with van der Waals surface area (Å²) in [5, 5.41) is 12.8. The average molecular weight is 546 g/mol. The number of aromatic nitrogens is 1. The summed E-state index contributed by atoms with van der Waals surface area (Å²) in [6.45, 7) is 22.8. The molecule has 1 N–H and O–H groups in total. The smallest absolute Gasteiger partial charge is 0.119 e. The number of piperidine rings is 1. The highest BCUT2D eigenvalue weighted by atomic mass is 16.5. The molecule has 3 aromatic rings. The van der Waals surface area contributed by atoms with Gasteiger partial charge < -0.3 is 14.3 Å². The first-order valence-corrected chi connectivity index (χ1v) is 15.4. The summed E-state index contributed by atoms with van der Waals surface area (Å²) in [4.78, 5) is 4.55. The molecule has 4 nitrogen and oxygen atoms in total. The van der Waals surface area contributed by atoms with Gasteiger partial charge >= 0.3 is 0 Å². The van der Waals surface area contributed by atoms with Gasteiger partial charge in [-0.3, -0.25) is 4.98 Å². The van der Waals surface area contributed by atoms with Crippen molar-refractivity contribution in [2.75, 3.05) is 26.7 Å². The highest BCUT2D eigenvalue weighted by Gasteiger charge is 2.38. The van der Waals surface area contributed by atoms with Crippen LogP contribution in [-0.4, -0.2) is 41.3 Å². The van der Waals surface area contributed by atoms with Gasteiger partial charge in [0.1, 0.15) is 12.3 Å². The predicted molar refractivity (Wildman–Crippen MR) is 168 cm³/mol. The van der Waals surface area contributed by atoms with Gasteiger partial charge in [-0.15, -0.1) is 0 Å². The monoisotopic (exact) mass is 545 g/mol. The fourth-order valence-corrected chi connectivity index (χ4v) is 6.74. The molecule has 1 saturated heterocycles. The van der Waals surface area contributed by atoms with Crippen molar-refractivity contribution < 1.29 is 14.3 Å². The zero-order valence-electron chi connectivity index (χ0n) is 26.6. The zero-order valence-corrected chi connectivity index (χ0v) is 26.6. The summed E-state index contributed by atoms with van der Waals surface area (Å²) in [7, 11) is 1.68. The molecule has 0 spiro atoms. The summed E-state index contributed by atoms with van der Waals surface area (Å²) in [5.41, 5.74) is 6.32. The van der Waals surface area contributed by atoms with E-state index >= 15 is 0 Å². The van der Waals surface area contributed by atoms with Gasteiger partial charge in [0.2, 0.25) is 0 Å². The predicted octanol–water partition coefficient (Wildman–Crippen LogP) is 8.34. The number of aliphatic hydroxyl groups is 1. The largest absolute Gasteiger partial charge is 0.497 e. The number of likely N-dealkylation sites (tertiary alicyclic amines) is 1. The van der Waals surface area contributed by atoms with Crippen LogP contribution in [0, 0.1) is 11.8 Å². The number of nitrogens with zero attached hydrogens (tertiary/aromatic N) is 2. The van der Waals surface area contributed by atoms with Gasteiger partial charge in [0.05, 0.1) is 38.4 Å². The number of quaternary nitrogens is 1. The van der Waals surface area contributed by atoms with Crippen LogP contribution in [0.2, 0.25) is 0 Å². The van der Waals surface area contributed by atoms with Crippen molar-refractivity contribution in [3.63, 3.8) is 0 Å². The van der Waals surface area contributed by atoms with Crippen LogP contribution >= 0.6 is 0 Å². The molecule has 4 atom stereocenters. The second-order valence-electron chi connectivity index (χ2n) is 14.6. The van der Waals surface area contributed by atoms with E-state index in [0.29, 0.717) is 0 Å². The molecule has 0 amide bonds. The minimum Gasteiger partial charge on any atom is -0.497 e. The van der Waals surface area contributed by atoms with Gasteiger partial charge in [0, 0.05) is 29.0 Å². The van der Waals surface area contributed by atoms with E-state index in [-0.39, 0.29) is 16.7 Å². The molecule has 0 aliphatic carbocycles. The molecule has 40 heavy (non-hydrogen) atoms. The van der Waals surface area contributed by atoms with Crippen molar-refractivity contribution in [1.29, 1.82) is 0 Å². The van der Waals surface area contributed by atoms with Crippen LogP contribution in [0.3, 0.4) is 0 Å².